The van der Waals surface area contributed by atoms with Crippen molar-refractivity contribution in [2.75, 3.05) is 6.54 Å². The summed E-state index contributed by atoms with van der Waals surface area (Å²) in [5, 5.41) is 8.30. The van der Waals surface area contributed by atoms with Crippen LogP contribution in [0.1, 0.15) is 12.7 Å². The molecule has 0 radical (unpaired) electrons. The zero-order valence-electron chi connectivity index (χ0n) is 11.2. The molecule has 110 valence electrons. The summed E-state index contributed by atoms with van der Waals surface area (Å²) in [5.41, 5.74) is 3.42. The van der Waals surface area contributed by atoms with Crippen molar-refractivity contribution >= 4 is 46.7 Å². The van der Waals surface area contributed by atoms with Crippen LogP contribution >= 0.6 is 35.4 Å². The van der Waals surface area contributed by atoms with E-state index in [4.69, 9.17) is 39.8 Å². The maximum absolute atomic E-state index is 6.15. The lowest BCUT2D eigenvalue weighted by molar-refractivity contribution is 0.574. The van der Waals surface area contributed by atoms with E-state index >= 15 is 0 Å². The van der Waals surface area contributed by atoms with Crippen molar-refractivity contribution < 1.29 is 4.42 Å². The van der Waals surface area contributed by atoms with E-state index in [-0.39, 0.29) is 0 Å². The fourth-order valence-electron chi connectivity index (χ4n) is 1.62. The molecule has 0 spiro atoms. The Morgan fingerprint density at radius 1 is 1.33 bits per heavy atom. The Kier molecular flexibility index (Phi) is 5.61. The molecular weight excluding hydrogens is 329 g/mol. The van der Waals surface area contributed by atoms with Crippen molar-refractivity contribution in [2.24, 2.45) is 5.10 Å². The van der Waals surface area contributed by atoms with Crippen LogP contribution in [0.5, 0.6) is 0 Å². The molecule has 1 heterocycles. The van der Waals surface area contributed by atoms with Gasteiger partial charge in [0.15, 0.2) is 5.11 Å². The average Bonchev–Trinajstić information content (AvgIpc) is 2.91. The van der Waals surface area contributed by atoms with E-state index in [0.717, 1.165) is 12.1 Å². The zero-order valence-corrected chi connectivity index (χ0v) is 13.5. The Morgan fingerprint density at radius 3 is 2.90 bits per heavy atom. The van der Waals surface area contributed by atoms with E-state index in [1.165, 1.54) is 6.21 Å². The SMILES string of the molecule is CCNC(=S)N/N=C\c1ccc(-c2cccc(Cl)c2Cl)o1. The molecule has 0 aliphatic carbocycles. The Hall–Kier alpha value is -1.56. The second-order valence-corrected chi connectivity index (χ2v) is 5.23. The second kappa shape index (κ2) is 7.45. The first-order chi connectivity index (χ1) is 10.1. The number of halogens is 2. The second-order valence-electron chi connectivity index (χ2n) is 4.03. The lowest BCUT2D eigenvalue weighted by atomic mass is 10.2. The first-order valence-electron chi connectivity index (χ1n) is 6.23. The summed E-state index contributed by atoms with van der Waals surface area (Å²) in [7, 11) is 0. The lowest BCUT2D eigenvalue weighted by Gasteiger charge is -2.02. The molecule has 0 fully saturated rings. The van der Waals surface area contributed by atoms with Crippen LogP contribution in [0.15, 0.2) is 39.9 Å². The number of nitrogens with zero attached hydrogens (tertiary/aromatic N) is 1. The molecule has 2 rings (SSSR count). The first kappa shape index (κ1) is 15.8. The van der Waals surface area contributed by atoms with Gasteiger partial charge in [0.1, 0.15) is 11.5 Å². The average molecular weight is 342 g/mol. The van der Waals surface area contributed by atoms with Crippen molar-refractivity contribution in [3.63, 3.8) is 0 Å². The fourth-order valence-corrected chi connectivity index (χ4v) is 2.21. The largest absolute Gasteiger partial charge is 0.455 e. The van der Waals surface area contributed by atoms with Gasteiger partial charge in [0, 0.05) is 12.1 Å². The van der Waals surface area contributed by atoms with Gasteiger partial charge in [0.25, 0.3) is 0 Å². The van der Waals surface area contributed by atoms with E-state index < -0.39 is 0 Å². The van der Waals surface area contributed by atoms with Crippen LogP contribution in [-0.4, -0.2) is 17.9 Å². The summed E-state index contributed by atoms with van der Waals surface area (Å²) in [4.78, 5) is 0. The smallest absolute Gasteiger partial charge is 0.186 e. The molecule has 1 aromatic heterocycles. The summed E-state index contributed by atoms with van der Waals surface area (Å²) in [6.45, 7) is 2.69. The third-order valence-electron chi connectivity index (χ3n) is 2.54. The van der Waals surface area contributed by atoms with Gasteiger partial charge in [-0.05, 0) is 43.4 Å². The Labute approximate surface area is 138 Å². The minimum absolute atomic E-state index is 0.457. The fraction of sp³-hybridized carbons (Fsp3) is 0.143. The van der Waals surface area contributed by atoms with Crippen LogP contribution in [0, 0.1) is 0 Å². The minimum Gasteiger partial charge on any atom is -0.455 e. The van der Waals surface area contributed by atoms with Crippen LogP contribution in [0.4, 0.5) is 0 Å². The highest BCUT2D eigenvalue weighted by atomic mass is 35.5. The van der Waals surface area contributed by atoms with E-state index in [0.29, 0.717) is 26.7 Å². The molecule has 0 amide bonds. The van der Waals surface area contributed by atoms with Crippen LogP contribution in [0.25, 0.3) is 11.3 Å². The third-order valence-corrected chi connectivity index (χ3v) is 3.59. The van der Waals surface area contributed by atoms with Gasteiger partial charge in [-0.2, -0.15) is 5.10 Å². The standard InChI is InChI=1S/C14H13Cl2N3OS/c1-2-17-14(21)19-18-8-9-6-7-12(20-9)10-4-3-5-11(15)13(10)16/h3-8H,2H2,1H3,(H2,17,19,21)/b18-8-. The predicted molar refractivity (Wildman–Crippen MR) is 91.2 cm³/mol. The Bertz CT molecular complexity index is 670. The number of thiocarbonyl (C=S) groups is 1. The van der Waals surface area contributed by atoms with E-state index in [2.05, 4.69) is 15.8 Å². The number of benzene rings is 1. The maximum Gasteiger partial charge on any atom is 0.186 e. The normalized spacial score (nSPS) is 10.8. The Balaban J connectivity index is 2.10. The molecule has 0 bridgehead atoms. The van der Waals surface area contributed by atoms with E-state index in [1.807, 2.05) is 25.1 Å². The first-order valence-corrected chi connectivity index (χ1v) is 7.39. The van der Waals surface area contributed by atoms with Crippen molar-refractivity contribution in [3.8, 4) is 11.3 Å². The van der Waals surface area contributed by atoms with Crippen molar-refractivity contribution in [1.82, 2.24) is 10.7 Å². The number of hydrogen-bond donors (Lipinski definition) is 2. The quantitative estimate of drug-likeness (QED) is 0.500. The molecule has 2 aromatic rings. The van der Waals surface area contributed by atoms with Crippen LogP contribution in [0.3, 0.4) is 0 Å². The third kappa shape index (κ3) is 4.20. The van der Waals surface area contributed by atoms with Gasteiger partial charge in [0.2, 0.25) is 0 Å². The minimum atomic E-state index is 0.457. The summed E-state index contributed by atoms with van der Waals surface area (Å²) in [6, 6.07) is 8.97. The van der Waals surface area contributed by atoms with E-state index in [9.17, 15) is 0 Å². The maximum atomic E-state index is 6.15. The molecule has 4 nitrogen and oxygen atoms in total. The summed E-state index contributed by atoms with van der Waals surface area (Å²) >= 11 is 17.1. The highest BCUT2D eigenvalue weighted by molar-refractivity contribution is 7.80. The van der Waals surface area contributed by atoms with Gasteiger partial charge in [-0.15, -0.1) is 0 Å². The topological polar surface area (TPSA) is 49.6 Å². The van der Waals surface area contributed by atoms with Gasteiger partial charge < -0.3 is 9.73 Å². The molecular formula is C14H13Cl2N3OS. The van der Waals surface area contributed by atoms with Crippen LogP contribution in [0.2, 0.25) is 10.0 Å². The summed E-state index contributed by atoms with van der Waals surface area (Å²) in [6.07, 6.45) is 1.53. The van der Waals surface area contributed by atoms with Gasteiger partial charge in [0.05, 0.1) is 16.3 Å². The number of hydrazone groups is 1. The predicted octanol–water partition coefficient (Wildman–Crippen LogP) is 4.07. The van der Waals surface area contributed by atoms with Crippen molar-refractivity contribution in [2.45, 2.75) is 6.92 Å². The molecule has 2 N–H and O–H groups in total. The van der Waals surface area contributed by atoms with Gasteiger partial charge >= 0.3 is 0 Å². The highest BCUT2D eigenvalue weighted by Gasteiger charge is 2.10. The molecule has 1 aromatic carbocycles. The molecule has 0 saturated heterocycles. The number of nitrogens with one attached hydrogen (secondary N) is 2. The summed E-state index contributed by atoms with van der Waals surface area (Å²) in [5.74, 6) is 1.20. The molecule has 0 aliphatic heterocycles. The van der Waals surface area contributed by atoms with Gasteiger partial charge in [-0.3, -0.25) is 5.43 Å². The van der Waals surface area contributed by atoms with Crippen molar-refractivity contribution in [3.05, 3.63) is 46.1 Å². The molecule has 7 heteroatoms. The van der Waals surface area contributed by atoms with Gasteiger partial charge in [-0.25, -0.2) is 0 Å². The molecule has 0 aliphatic rings. The molecule has 0 saturated carbocycles. The lowest BCUT2D eigenvalue weighted by Crippen LogP contribution is -2.31. The van der Waals surface area contributed by atoms with Crippen LogP contribution in [-0.2, 0) is 0 Å². The molecule has 0 atom stereocenters. The number of furan rings is 1. The zero-order chi connectivity index (χ0) is 15.2. The molecule has 21 heavy (non-hydrogen) atoms. The number of hydrogen-bond acceptors (Lipinski definition) is 3. The monoisotopic (exact) mass is 341 g/mol. The Morgan fingerprint density at radius 2 is 2.14 bits per heavy atom. The van der Waals surface area contributed by atoms with Crippen molar-refractivity contribution in [1.29, 1.82) is 0 Å². The number of rotatable bonds is 4. The molecule has 0 unspecified atom stereocenters. The van der Waals surface area contributed by atoms with Gasteiger partial charge in [-0.1, -0.05) is 29.3 Å². The highest BCUT2D eigenvalue weighted by Crippen LogP contribution is 2.33. The van der Waals surface area contributed by atoms with Crippen LogP contribution < -0.4 is 10.7 Å². The van der Waals surface area contributed by atoms with E-state index in [1.54, 1.807) is 12.1 Å². The summed E-state index contributed by atoms with van der Waals surface area (Å²) < 4.78 is 5.65.